The van der Waals surface area contributed by atoms with Crippen LogP contribution in [0.1, 0.15) is 34.1 Å². The molecule has 0 spiro atoms. The van der Waals surface area contributed by atoms with Gasteiger partial charge in [0.05, 0.1) is 10.3 Å². The minimum atomic E-state index is -0.0759. The lowest BCUT2D eigenvalue weighted by atomic mass is 10.1. The summed E-state index contributed by atoms with van der Waals surface area (Å²) in [6.45, 7) is 9.80. The number of fused-ring (bicyclic) bond motifs is 1. The van der Waals surface area contributed by atoms with Crippen LogP contribution in [-0.2, 0) is 6.54 Å². The molecule has 1 N–H and O–H groups in total. The first-order valence-electron chi connectivity index (χ1n) is 10.1. The molecule has 1 saturated heterocycles. The summed E-state index contributed by atoms with van der Waals surface area (Å²) in [5.41, 5.74) is 1.94. The number of aromatic nitrogens is 3. The molecule has 29 heavy (non-hydrogen) atoms. The molecule has 0 saturated carbocycles. The fraction of sp³-hybridized carbons (Fsp3) is 0.429. The number of anilines is 1. The summed E-state index contributed by atoms with van der Waals surface area (Å²) in [5, 5.41) is 4.01. The van der Waals surface area contributed by atoms with Crippen molar-refractivity contribution < 1.29 is 4.79 Å². The summed E-state index contributed by atoms with van der Waals surface area (Å²) in [6, 6.07) is 3.82. The topological polar surface area (TPSA) is 74.2 Å². The van der Waals surface area contributed by atoms with Gasteiger partial charge in [-0.25, -0.2) is 9.97 Å². The number of carbonyl (C=O) groups is 1. The van der Waals surface area contributed by atoms with E-state index in [0.29, 0.717) is 11.4 Å². The fourth-order valence-electron chi connectivity index (χ4n) is 3.77. The Balaban J connectivity index is 1.54. The van der Waals surface area contributed by atoms with Crippen molar-refractivity contribution in [2.24, 2.45) is 0 Å². The third-order valence-corrected chi connectivity index (χ3v) is 6.50. The first-order valence-corrected chi connectivity index (χ1v) is 10.9. The van der Waals surface area contributed by atoms with Crippen LogP contribution in [0.15, 0.2) is 30.9 Å². The number of thiophene rings is 1. The zero-order valence-corrected chi connectivity index (χ0v) is 17.7. The van der Waals surface area contributed by atoms with Crippen LogP contribution in [0.4, 0.5) is 5.82 Å². The van der Waals surface area contributed by atoms with E-state index < -0.39 is 0 Å². The largest absolute Gasteiger partial charge is 0.353 e. The van der Waals surface area contributed by atoms with Crippen LogP contribution in [0.2, 0.25) is 0 Å². The number of nitrogens with one attached hydrogen (secondary N) is 1. The Hall–Kier alpha value is -2.58. The van der Waals surface area contributed by atoms with Crippen LogP contribution in [0, 0.1) is 6.92 Å². The van der Waals surface area contributed by atoms with Gasteiger partial charge in [0.25, 0.3) is 5.91 Å². The zero-order chi connectivity index (χ0) is 20.2. The van der Waals surface area contributed by atoms with Gasteiger partial charge in [-0.1, -0.05) is 13.0 Å². The summed E-state index contributed by atoms with van der Waals surface area (Å²) in [6.07, 6.45) is 6.28. The number of aryl methyl sites for hydroxylation is 1. The molecule has 0 aromatic carbocycles. The summed E-state index contributed by atoms with van der Waals surface area (Å²) in [5.74, 6) is 0.874. The molecule has 3 aromatic rings. The van der Waals surface area contributed by atoms with Gasteiger partial charge in [-0.3, -0.25) is 14.7 Å². The van der Waals surface area contributed by atoms with E-state index in [-0.39, 0.29) is 5.91 Å². The van der Waals surface area contributed by atoms with Crippen molar-refractivity contribution in [1.29, 1.82) is 0 Å². The van der Waals surface area contributed by atoms with E-state index in [4.69, 9.17) is 0 Å². The minimum Gasteiger partial charge on any atom is -0.353 e. The van der Waals surface area contributed by atoms with Gasteiger partial charge in [0.1, 0.15) is 17.0 Å². The molecule has 0 atom stereocenters. The van der Waals surface area contributed by atoms with Gasteiger partial charge in [-0.2, -0.15) is 0 Å². The molecule has 0 unspecified atom stereocenters. The molecule has 0 aliphatic carbocycles. The number of rotatable bonds is 6. The smallest absolute Gasteiger partial charge is 0.261 e. The van der Waals surface area contributed by atoms with Crippen molar-refractivity contribution in [1.82, 2.24) is 25.2 Å². The molecular formula is C21H26N6OS. The molecule has 3 aromatic heterocycles. The molecule has 152 valence electrons. The lowest BCUT2D eigenvalue weighted by Gasteiger charge is -2.35. The Morgan fingerprint density at radius 3 is 2.79 bits per heavy atom. The van der Waals surface area contributed by atoms with Crippen molar-refractivity contribution >= 4 is 33.3 Å². The van der Waals surface area contributed by atoms with Gasteiger partial charge in [0, 0.05) is 45.1 Å². The minimum absolute atomic E-state index is 0.0759. The number of pyridine rings is 1. The number of amides is 1. The third kappa shape index (κ3) is 4.23. The van der Waals surface area contributed by atoms with Crippen LogP contribution >= 0.6 is 11.3 Å². The highest BCUT2D eigenvalue weighted by Gasteiger charge is 2.24. The Bertz CT molecular complexity index is 982. The van der Waals surface area contributed by atoms with Crippen molar-refractivity contribution in [2.45, 2.75) is 26.8 Å². The van der Waals surface area contributed by atoms with Crippen LogP contribution in [0.3, 0.4) is 0 Å². The Morgan fingerprint density at radius 2 is 2.07 bits per heavy atom. The van der Waals surface area contributed by atoms with E-state index in [0.717, 1.165) is 59.9 Å². The maximum Gasteiger partial charge on any atom is 0.261 e. The highest BCUT2D eigenvalue weighted by atomic mass is 32.1. The second-order valence-electron chi connectivity index (χ2n) is 7.31. The lowest BCUT2D eigenvalue weighted by Crippen LogP contribution is -2.46. The van der Waals surface area contributed by atoms with E-state index in [9.17, 15) is 4.79 Å². The van der Waals surface area contributed by atoms with E-state index in [1.54, 1.807) is 18.7 Å². The average molecular weight is 411 g/mol. The molecular weight excluding hydrogens is 384 g/mol. The predicted molar refractivity (Wildman–Crippen MR) is 117 cm³/mol. The number of hydrogen-bond donors (Lipinski definition) is 1. The molecule has 8 heteroatoms. The number of hydrogen-bond acceptors (Lipinski definition) is 7. The summed E-state index contributed by atoms with van der Waals surface area (Å²) in [7, 11) is 0. The third-order valence-electron chi connectivity index (χ3n) is 5.30. The second kappa shape index (κ2) is 8.84. The van der Waals surface area contributed by atoms with Gasteiger partial charge in [-0.05, 0) is 37.1 Å². The highest BCUT2D eigenvalue weighted by molar-refractivity contribution is 7.20. The van der Waals surface area contributed by atoms with E-state index in [1.165, 1.54) is 17.8 Å². The maximum absolute atomic E-state index is 12.8. The summed E-state index contributed by atoms with van der Waals surface area (Å²) in [4.78, 5) is 32.3. The van der Waals surface area contributed by atoms with Crippen LogP contribution in [0.25, 0.3) is 10.2 Å². The summed E-state index contributed by atoms with van der Waals surface area (Å²) < 4.78 is 0. The Kier molecular flexibility index (Phi) is 6.01. The van der Waals surface area contributed by atoms with Crippen molar-refractivity contribution in [3.63, 3.8) is 0 Å². The molecule has 1 amide bonds. The molecule has 1 aliphatic rings. The highest BCUT2D eigenvalue weighted by Crippen LogP contribution is 2.35. The predicted octanol–water partition coefficient (Wildman–Crippen LogP) is 2.86. The molecule has 4 rings (SSSR count). The quantitative estimate of drug-likeness (QED) is 0.674. The molecule has 0 bridgehead atoms. The van der Waals surface area contributed by atoms with Gasteiger partial charge in [-0.15, -0.1) is 11.3 Å². The molecule has 1 aliphatic heterocycles. The number of carbonyl (C=O) groups excluding carboxylic acids is 1. The van der Waals surface area contributed by atoms with Gasteiger partial charge in [0.15, 0.2) is 0 Å². The monoisotopic (exact) mass is 410 g/mol. The van der Waals surface area contributed by atoms with Gasteiger partial charge < -0.3 is 10.2 Å². The molecule has 4 heterocycles. The second-order valence-corrected chi connectivity index (χ2v) is 8.31. The first-order chi connectivity index (χ1) is 14.2. The van der Waals surface area contributed by atoms with Crippen LogP contribution in [-0.4, -0.2) is 58.5 Å². The van der Waals surface area contributed by atoms with Crippen molar-refractivity contribution in [3.05, 3.63) is 46.9 Å². The van der Waals surface area contributed by atoms with Crippen molar-refractivity contribution in [2.75, 3.05) is 37.6 Å². The van der Waals surface area contributed by atoms with Crippen LogP contribution < -0.4 is 10.2 Å². The maximum atomic E-state index is 12.8. The first kappa shape index (κ1) is 19.7. The SMILES string of the molecule is CCCN1CCN(c2ncnc3sc(C(=O)NCc4cccnc4)c(C)c23)CC1. The zero-order valence-electron chi connectivity index (χ0n) is 16.9. The van der Waals surface area contributed by atoms with E-state index >= 15 is 0 Å². The standard InChI is InChI=1S/C21H26N6OS/c1-3-7-26-8-10-27(11-9-26)19-17-15(2)18(29-21(17)25-14-24-19)20(28)23-13-16-5-4-6-22-12-16/h4-6,12,14H,3,7-11,13H2,1-2H3,(H,23,28). The van der Waals surface area contributed by atoms with E-state index in [1.807, 2.05) is 19.1 Å². The molecule has 0 radical (unpaired) electrons. The molecule has 1 fully saturated rings. The van der Waals surface area contributed by atoms with E-state index in [2.05, 4.69) is 37.0 Å². The lowest BCUT2D eigenvalue weighted by molar-refractivity contribution is 0.0954. The Labute approximate surface area is 174 Å². The number of piperazine rings is 1. The fourth-order valence-corrected chi connectivity index (χ4v) is 4.83. The van der Waals surface area contributed by atoms with Gasteiger partial charge >= 0.3 is 0 Å². The van der Waals surface area contributed by atoms with Gasteiger partial charge in [0.2, 0.25) is 0 Å². The Morgan fingerprint density at radius 1 is 1.24 bits per heavy atom. The molecule has 7 nitrogen and oxygen atoms in total. The normalized spacial score (nSPS) is 15.0. The average Bonchev–Trinajstić information content (AvgIpc) is 3.10. The number of nitrogens with zero attached hydrogens (tertiary/aromatic N) is 5. The van der Waals surface area contributed by atoms with Crippen LogP contribution in [0.5, 0.6) is 0 Å². The summed E-state index contributed by atoms with van der Waals surface area (Å²) >= 11 is 1.44. The van der Waals surface area contributed by atoms with Crippen molar-refractivity contribution in [3.8, 4) is 0 Å².